The molecule has 20 nitrogen and oxygen atoms in total. The number of aliphatic hydroxyl groups is 2. The molecule has 0 aliphatic carbocycles. The fourth-order valence-electron chi connectivity index (χ4n) is 10.9. The Morgan fingerprint density at radius 2 is 1.52 bits per heavy atom. The molecule has 3 heterocycles. The molecule has 0 aromatic heterocycles. The third-order valence-corrected chi connectivity index (χ3v) is 15.8. The zero-order valence-corrected chi connectivity index (χ0v) is 47.3. The predicted octanol–water partition coefficient (Wildman–Crippen LogP) is 5.67. The highest BCUT2D eigenvalue weighted by atomic mass is 16.8. The quantitative estimate of drug-likeness (QED) is 0.112. The molecular weight excluding hydrogens is 973 g/mol. The molecule has 3 fully saturated rings. The Kier molecular flexibility index (Phi) is 24.2. The van der Waals surface area contributed by atoms with Crippen LogP contribution in [0.1, 0.15) is 127 Å². The van der Waals surface area contributed by atoms with Crippen molar-refractivity contribution < 1.29 is 76.8 Å². The summed E-state index contributed by atoms with van der Waals surface area (Å²) in [6, 6.07) is 9.75. The number of nitriles is 1. The summed E-state index contributed by atoms with van der Waals surface area (Å²) in [5.74, 6) is -4.55. The van der Waals surface area contributed by atoms with Crippen molar-refractivity contribution in [1.82, 2.24) is 15.1 Å². The highest BCUT2D eigenvalue weighted by Crippen LogP contribution is 2.42. The van der Waals surface area contributed by atoms with E-state index in [1.165, 1.54) is 21.1 Å². The Morgan fingerprint density at radius 1 is 0.880 bits per heavy atom. The van der Waals surface area contributed by atoms with Gasteiger partial charge in [0.2, 0.25) is 5.91 Å². The standard InChI is InChI=1S/C55H90N4O16/c1-16-41-55(12,65)46(61)37(8)57-49(62)33(4)30-53(10,66-14)47(75-51-45(40(29-34(5)69-51)58(13)27-22-26-56)74-52(64)68-32-39-23-20-19-21-24-39)35(6)44(36(7)50(63)71-41)73-43-31-54(11,67-15)48(38(9)70-43)72-42(60)25-28-59(17-2)18-3/h19-21,23-24,33-38,40-41,43-48,51,61,65H,16-18,22,25,27-32H2,1-15H3,(H,57,62)/t33-,34-,35+,36-,37-,38+,40+,41-,43+,44+,45-,46-,47-,48+,51+,53-,54-,55-/m1/s1. The number of carbonyl (C=O) groups is 4. The van der Waals surface area contributed by atoms with E-state index in [0.29, 0.717) is 19.5 Å². The molecule has 0 unspecified atom stereocenters. The molecule has 0 bridgehead atoms. The van der Waals surface area contributed by atoms with Crippen LogP contribution in [0.2, 0.25) is 0 Å². The number of aliphatic hydroxyl groups excluding tert-OH is 1. The first-order valence-corrected chi connectivity index (χ1v) is 26.8. The normalized spacial score (nSPS) is 37.3. The lowest BCUT2D eigenvalue weighted by Crippen LogP contribution is -2.62. The molecule has 426 valence electrons. The maximum atomic E-state index is 14.8. The van der Waals surface area contributed by atoms with Crippen LogP contribution in [-0.4, -0.2) is 182 Å². The van der Waals surface area contributed by atoms with Crippen molar-refractivity contribution in [2.24, 2.45) is 17.8 Å². The number of benzene rings is 1. The number of cyclic esters (lactones) is 1. The first-order valence-electron chi connectivity index (χ1n) is 26.8. The van der Waals surface area contributed by atoms with Gasteiger partial charge in [0.25, 0.3) is 0 Å². The second-order valence-corrected chi connectivity index (χ2v) is 21.5. The minimum absolute atomic E-state index is 0.00881. The second-order valence-electron chi connectivity index (χ2n) is 21.5. The number of hydrogen-bond acceptors (Lipinski definition) is 19. The summed E-state index contributed by atoms with van der Waals surface area (Å²) in [5.41, 5.74) is -3.87. The van der Waals surface area contributed by atoms with Crippen LogP contribution >= 0.6 is 0 Å². The number of amides is 1. The molecule has 1 aromatic carbocycles. The van der Waals surface area contributed by atoms with Gasteiger partial charge in [-0.15, -0.1) is 0 Å². The molecule has 4 rings (SSSR count). The smallest absolute Gasteiger partial charge is 0.459 e. The zero-order valence-electron chi connectivity index (χ0n) is 47.3. The molecule has 0 spiro atoms. The van der Waals surface area contributed by atoms with Crippen molar-refractivity contribution in [2.75, 3.05) is 47.4 Å². The first kappa shape index (κ1) is 63.5. The van der Waals surface area contributed by atoms with Crippen molar-refractivity contribution in [1.29, 1.82) is 5.26 Å². The van der Waals surface area contributed by atoms with E-state index in [0.717, 1.165) is 18.7 Å². The third kappa shape index (κ3) is 16.5. The lowest BCUT2D eigenvalue weighted by Gasteiger charge is -2.50. The number of methoxy groups -OCH3 is 2. The number of esters is 2. The second kappa shape index (κ2) is 28.6. The monoisotopic (exact) mass is 1060 g/mol. The summed E-state index contributed by atoms with van der Waals surface area (Å²) in [6.45, 7) is 23.3. The minimum atomic E-state index is -2.03. The maximum absolute atomic E-state index is 14.8. The third-order valence-electron chi connectivity index (χ3n) is 15.8. The van der Waals surface area contributed by atoms with Gasteiger partial charge in [0, 0.05) is 52.0 Å². The van der Waals surface area contributed by atoms with Crippen LogP contribution in [0.3, 0.4) is 0 Å². The molecule has 0 radical (unpaired) electrons. The molecule has 20 heteroatoms. The topological polar surface area (TPSA) is 243 Å². The van der Waals surface area contributed by atoms with Crippen LogP contribution in [0.25, 0.3) is 0 Å². The highest BCUT2D eigenvalue weighted by molar-refractivity contribution is 5.78. The summed E-state index contributed by atoms with van der Waals surface area (Å²) in [6.07, 6.45) is -11.0. The SMILES string of the molecule is CC[C@H]1OC(=O)[C@H](C)[C@@H](O[C@H]2C[C@@](C)(OC)[C@@H](OC(=O)CCN(CC)CC)[C@H](C)O2)[C@H](C)[C@@H](O[C@@H]2O[C@H](C)C[C@H](N(C)CCC#N)[C@H]2OC(=O)OCc2ccccc2)[C@](C)(OC)C[C@@H](C)C(=O)N[C@H](C)[C@@H](O)[C@]1(C)O. The molecular formula is C55H90N4O16. The van der Waals surface area contributed by atoms with Crippen LogP contribution in [-0.2, 0) is 68.4 Å². The lowest BCUT2D eigenvalue weighted by molar-refractivity contribution is -0.320. The van der Waals surface area contributed by atoms with Gasteiger partial charge in [-0.05, 0) is 93.4 Å². The Morgan fingerprint density at radius 3 is 2.12 bits per heavy atom. The van der Waals surface area contributed by atoms with E-state index in [-0.39, 0.29) is 38.7 Å². The number of rotatable bonds is 19. The van der Waals surface area contributed by atoms with E-state index in [4.69, 9.17) is 47.4 Å². The van der Waals surface area contributed by atoms with Crippen LogP contribution in [0.5, 0.6) is 0 Å². The van der Waals surface area contributed by atoms with Crippen molar-refractivity contribution in [3.63, 3.8) is 0 Å². The van der Waals surface area contributed by atoms with Crippen molar-refractivity contribution in [2.45, 2.75) is 219 Å². The maximum Gasteiger partial charge on any atom is 0.509 e. The Hall–Kier alpha value is -4.01. The summed E-state index contributed by atoms with van der Waals surface area (Å²) in [7, 11) is 4.81. The molecule has 3 aliphatic heterocycles. The summed E-state index contributed by atoms with van der Waals surface area (Å²) in [4.78, 5) is 60.1. The Labute approximate surface area is 445 Å². The number of carbonyl (C=O) groups excluding carboxylic acids is 4. The minimum Gasteiger partial charge on any atom is -0.459 e. The number of hydrogen-bond donors (Lipinski definition) is 3. The molecule has 0 saturated carbocycles. The van der Waals surface area contributed by atoms with E-state index in [2.05, 4.69) is 16.3 Å². The van der Waals surface area contributed by atoms with Crippen LogP contribution in [0, 0.1) is 29.1 Å². The van der Waals surface area contributed by atoms with Gasteiger partial charge in [-0.1, -0.05) is 65.0 Å². The number of nitrogens with zero attached hydrogens (tertiary/aromatic N) is 3. The van der Waals surface area contributed by atoms with Crippen molar-refractivity contribution in [3.05, 3.63) is 35.9 Å². The van der Waals surface area contributed by atoms with Gasteiger partial charge in [-0.2, -0.15) is 5.26 Å². The van der Waals surface area contributed by atoms with E-state index in [1.807, 2.05) is 63.1 Å². The van der Waals surface area contributed by atoms with Crippen LogP contribution in [0.15, 0.2) is 30.3 Å². The number of nitrogens with one attached hydrogen (secondary N) is 1. The molecule has 18 atom stereocenters. The van der Waals surface area contributed by atoms with Crippen LogP contribution < -0.4 is 5.32 Å². The zero-order chi connectivity index (χ0) is 56.0. The Balaban J connectivity index is 1.88. The largest absolute Gasteiger partial charge is 0.509 e. The molecule has 1 aromatic rings. The van der Waals surface area contributed by atoms with E-state index >= 15 is 0 Å². The van der Waals surface area contributed by atoms with E-state index < -0.39 is 132 Å². The average molecular weight is 1060 g/mol. The van der Waals surface area contributed by atoms with Gasteiger partial charge >= 0.3 is 18.1 Å². The fraction of sp³-hybridized carbons (Fsp3) is 0.800. The summed E-state index contributed by atoms with van der Waals surface area (Å²) < 4.78 is 64.1. The molecule has 75 heavy (non-hydrogen) atoms. The fourth-order valence-corrected chi connectivity index (χ4v) is 10.9. The number of likely N-dealkylation sites (N-methyl/N-ethyl adjacent to an activating group) is 1. The molecule has 3 aliphatic rings. The summed E-state index contributed by atoms with van der Waals surface area (Å²) in [5, 5.41) is 36.0. The van der Waals surface area contributed by atoms with Gasteiger partial charge in [0.1, 0.15) is 30.0 Å². The van der Waals surface area contributed by atoms with E-state index in [1.54, 1.807) is 55.4 Å². The molecule has 1 amide bonds. The van der Waals surface area contributed by atoms with Gasteiger partial charge in [-0.3, -0.25) is 19.3 Å². The molecule has 3 saturated heterocycles. The van der Waals surface area contributed by atoms with Crippen molar-refractivity contribution in [3.8, 4) is 6.07 Å². The first-order chi connectivity index (χ1) is 35.3. The Bertz CT molecular complexity index is 2010. The van der Waals surface area contributed by atoms with Crippen LogP contribution in [0.4, 0.5) is 4.79 Å². The highest BCUT2D eigenvalue weighted by Gasteiger charge is 2.55. The average Bonchev–Trinajstić information content (AvgIpc) is 3.38. The molecule has 3 N–H and O–H groups in total. The van der Waals surface area contributed by atoms with Gasteiger partial charge in [0.15, 0.2) is 24.8 Å². The lowest BCUT2D eigenvalue weighted by atomic mass is 9.77. The predicted molar refractivity (Wildman–Crippen MR) is 275 cm³/mol. The van der Waals surface area contributed by atoms with Gasteiger partial charge < -0.3 is 67.8 Å². The van der Waals surface area contributed by atoms with Crippen molar-refractivity contribution >= 4 is 24.0 Å². The summed E-state index contributed by atoms with van der Waals surface area (Å²) >= 11 is 0. The van der Waals surface area contributed by atoms with Gasteiger partial charge in [-0.25, -0.2) is 4.79 Å². The van der Waals surface area contributed by atoms with E-state index in [9.17, 15) is 34.7 Å². The van der Waals surface area contributed by atoms with Gasteiger partial charge in [0.05, 0.1) is 60.5 Å². The number of ether oxygens (including phenoxy) is 10.